The summed E-state index contributed by atoms with van der Waals surface area (Å²) in [5, 5.41) is 8.69. The number of barbiturate groups is 2. The Bertz CT molecular complexity index is 710. The topological polar surface area (TPSA) is 151 Å². The van der Waals surface area contributed by atoms with Crippen molar-refractivity contribution in [2.24, 2.45) is 21.7 Å². The van der Waals surface area contributed by atoms with Crippen molar-refractivity contribution in [3.05, 3.63) is 0 Å². The molecule has 0 aromatic carbocycles. The molecule has 0 unspecified atom stereocenters. The first kappa shape index (κ1) is 23.5. The zero-order chi connectivity index (χ0) is 23.1. The maximum Gasteiger partial charge on any atom is 0.328 e. The molecular formula is C20H30N4O6. The number of amides is 8. The lowest BCUT2D eigenvalue weighted by Crippen LogP contribution is -2.67. The summed E-state index contributed by atoms with van der Waals surface area (Å²) in [6, 6.07) is -1.70. The summed E-state index contributed by atoms with van der Waals surface area (Å²) in [4.78, 5) is 73.7. The van der Waals surface area contributed by atoms with Gasteiger partial charge in [0, 0.05) is 0 Å². The van der Waals surface area contributed by atoms with Crippen LogP contribution in [0.15, 0.2) is 0 Å². The van der Waals surface area contributed by atoms with Crippen LogP contribution in [-0.2, 0) is 19.2 Å². The number of urea groups is 2. The van der Waals surface area contributed by atoms with Crippen LogP contribution in [0.2, 0.25) is 0 Å². The second kappa shape index (κ2) is 7.48. The molecule has 0 saturated carbocycles. The Balaban J connectivity index is 2.23. The summed E-state index contributed by atoms with van der Waals surface area (Å²) in [6.45, 7) is 10.5. The van der Waals surface area contributed by atoms with Gasteiger partial charge in [-0.05, 0) is 23.7 Å². The lowest BCUT2D eigenvalue weighted by atomic mass is 9.60. The van der Waals surface area contributed by atoms with E-state index in [1.165, 1.54) is 0 Å². The number of carbonyl (C=O) groups is 6. The van der Waals surface area contributed by atoms with Gasteiger partial charge in [0.05, 0.1) is 0 Å². The average Bonchev–Trinajstić information content (AvgIpc) is 2.52. The fourth-order valence-electron chi connectivity index (χ4n) is 4.45. The molecule has 10 nitrogen and oxygen atoms in total. The monoisotopic (exact) mass is 422 g/mol. The number of imide groups is 4. The van der Waals surface area contributed by atoms with Crippen LogP contribution in [-0.4, -0.2) is 35.7 Å². The van der Waals surface area contributed by atoms with Crippen LogP contribution in [0.3, 0.4) is 0 Å². The molecule has 2 aliphatic rings. The zero-order valence-corrected chi connectivity index (χ0v) is 18.3. The zero-order valence-electron chi connectivity index (χ0n) is 18.3. The van der Waals surface area contributed by atoms with Gasteiger partial charge in [-0.25, -0.2) is 9.59 Å². The second-order valence-electron chi connectivity index (χ2n) is 9.99. The number of rotatable bonds is 5. The number of nitrogens with one attached hydrogen (secondary N) is 4. The van der Waals surface area contributed by atoms with Crippen molar-refractivity contribution < 1.29 is 28.8 Å². The summed E-state index contributed by atoms with van der Waals surface area (Å²) in [7, 11) is 0. The highest BCUT2D eigenvalue weighted by molar-refractivity contribution is 6.20. The molecule has 0 atom stereocenters. The van der Waals surface area contributed by atoms with E-state index < -0.39 is 57.4 Å². The molecule has 0 aliphatic carbocycles. The lowest BCUT2D eigenvalue weighted by molar-refractivity contribution is -0.156. The number of hydrogen-bond acceptors (Lipinski definition) is 6. The van der Waals surface area contributed by atoms with E-state index in [1.54, 1.807) is 41.5 Å². The maximum atomic E-state index is 12.7. The highest BCUT2D eigenvalue weighted by Crippen LogP contribution is 2.47. The fraction of sp³-hybridized carbons (Fsp3) is 0.700. The molecule has 10 heteroatoms. The van der Waals surface area contributed by atoms with Crippen molar-refractivity contribution in [1.29, 1.82) is 0 Å². The van der Waals surface area contributed by atoms with E-state index in [2.05, 4.69) is 21.3 Å². The number of unbranched alkanes of at least 4 members (excludes halogenated alkanes) is 1. The minimum Gasteiger partial charge on any atom is -0.277 e. The standard InChI is InChI=1S/C20H30N4O6/c1-17(2,3)19(11(25)21-15(29)22-12(19)26)9-7-8-10-20(18(4,5)6)13(27)23-16(30)24-14(20)28/h7-10H2,1-6H3,(H2,21,22,25,26,29)(H2,23,24,27,28,30). The summed E-state index contributed by atoms with van der Waals surface area (Å²) in [5.74, 6) is -2.64. The van der Waals surface area contributed by atoms with Crippen LogP contribution >= 0.6 is 0 Å². The van der Waals surface area contributed by atoms with E-state index in [9.17, 15) is 28.8 Å². The molecule has 0 bridgehead atoms. The van der Waals surface area contributed by atoms with Crippen molar-refractivity contribution in [2.75, 3.05) is 0 Å². The van der Waals surface area contributed by atoms with Crippen LogP contribution in [0.4, 0.5) is 9.59 Å². The lowest BCUT2D eigenvalue weighted by Gasteiger charge is -2.45. The quantitative estimate of drug-likeness (QED) is 0.388. The van der Waals surface area contributed by atoms with E-state index in [0.29, 0.717) is 12.8 Å². The molecule has 0 aromatic rings. The summed E-state index contributed by atoms with van der Waals surface area (Å²) in [5.41, 5.74) is -4.50. The molecule has 30 heavy (non-hydrogen) atoms. The highest BCUT2D eigenvalue weighted by atomic mass is 16.2. The van der Waals surface area contributed by atoms with Crippen LogP contribution in [0, 0.1) is 21.7 Å². The van der Waals surface area contributed by atoms with E-state index in [0.717, 1.165) is 0 Å². The molecule has 4 N–H and O–H groups in total. The molecular weight excluding hydrogens is 392 g/mol. The Morgan fingerprint density at radius 3 is 0.967 bits per heavy atom. The summed E-state index contributed by atoms with van der Waals surface area (Å²) in [6.07, 6.45) is 0.949. The first-order valence-electron chi connectivity index (χ1n) is 9.93. The number of hydrogen-bond donors (Lipinski definition) is 4. The van der Waals surface area contributed by atoms with Gasteiger partial charge in [0.2, 0.25) is 23.6 Å². The molecule has 2 aliphatic heterocycles. The van der Waals surface area contributed by atoms with E-state index in [1.807, 2.05) is 0 Å². The van der Waals surface area contributed by atoms with Crippen LogP contribution in [0.5, 0.6) is 0 Å². The highest BCUT2D eigenvalue weighted by Gasteiger charge is 2.59. The van der Waals surface area contributed by atoms with Crippen LogP contribution < -0.4 is 21.3 Å². The van der Waals surface area contributed by atoms with E-state index in [-0.39, 0.29) is 12.8 Å². The predicted molar refractivity (Wildman–Crippen MR) is 106 cm³/mol. The largest absolute Gasteiger partial charge is 0.328 e. The van der Waals surface area contributed by atoms with Gasteiger partial charge in [-0.1, -0.05) is 54.4 Å². The molecule has 2 rings (SSSR count). The Morgan fingerprint density at radius 1 is 0.533 bits per heavy atom. The van der Waals surface area contributed by atoms with Crippen molar-refractivity contribution in [2.45, 2.75) is 67.2 Å². The Labute approximate surface area is 175 Å². The number of carbonyl (C=O) groups excluding carboxylic acids is 6. The first-order chi connectivity index (χ1) is 13.6. The minimum absolute atomic E-state index is 0.129. The molecule has 2 saturated heterocycles. The normalized spacial score (nSPS) is 21.5. The molecule has 0 radical (unpaired) electrons. The van der Waals surface area contributed by atoms with Gasteiger partial charge in [0.25, 0.3) is 0 Å². The van der Waals surface area contributed by atoms with Gasteiger partial charge < -0.3 is 0 Å². The van der Waals surface area contributed by atoms with E-state index in [4.69, 9.17) is 0 Å². The first-order valence-corrected chi connectivity index (χ1v) is 9.93. The molecule has 8 amide bonds. The Morgan fingerprint density at radius 2 is 0.767 bits per heavy atom. The molecule has 2 heterocycles. The van der Waals surface area contributed by atoms with Crippen molar-refractivity contribution in [3.63, 3.8) is 0 Å². The SMILES string of the molecule is CC(C)(C)C1(CCCCC2(C(C)(C)C)C(=O)NC(=O)NC2=O)C(=O)NC(=O)NC1=O. The molecule has 0 spiro atoms. The smallest absolute Gasteiger partial charge is 0.277 e. The van der Waals surface area contributed by atoms with Gasteiger partial charge in [-0.15, -0.1) is 0 Å². The Kier molecular flexibility index (Phi) is 5.86. The van der Waals surface area contributed by atoms with Gasteiger partial charge in [0.1, 0.15) is 10.8 Å². The fourth-order valence-corrected chi connectivity index (χ4v) is 4.45. The summed E-state index contributed by atoms with van der Waals surface area (Å²) >= 11 is 0. The Hall–Kier alpha value is -2.78. The van der Waals surface area contributed by atoms with E-state index >= 15 is 0 Å². The predicted octanol–water partition coefficient (Wildman–Crippen LogP) is 1.34. The van der Waals surface area contributed by atoms with Crippen molar-refractivity contribution in [1.82, 2.24) is 21.3 Å². The average molecular weight is 422 g/mol. The van der Waals surface area contributed by atoms with Crippen LogP contribution in [0.25, 0.3) is 0 Å². The van der Waals surface area contributed by atoms with Gasteiger partial charge in [-0.3, -0.25) is 40.4 Å². The summed E-state index contributed by atoms with van der Waals surface area (Å²) < 4.78 is 0. The minimum atomic E-state index is -1.47. The van der Waals surface area contributed by atoms with Gasteiger partial charge in [0.15, 0.2) is 0 Å². The van der Waals surface area contributed by atoms with Crippen LogP contribution in [0.1, 0.15) is 67.2 Å². The molecule has 0 aromatic heterocycles. The third kappa shape index (κ3) is 3.59. The third-order valence-electron chi connectivity index (χ3n) is 6.37. The molecule has 166 valence electrons. The third-order valence-corrected chi connectivity index (χ3v) is 6.37. The van der Waals surface area contributed by atoms with Gasteiger partial charge >= 0.3 is 12.1 Å². The maximum absolute atomic E-state index is 12.7. The van der Waals surface area contributed by atoms with Gasteiger partial charge in [-0.2, -0.15) is 0 Å². The molecule has 2 fully saturated rings. The van der Waals surface area contributed by atoms with Crippen molar-refractivity contribution >= 4 is 35.7 Å². The second-order valence-corrected chi connectivity index (χ2v) is 9.99. The van der Waals surface area contributed by atoms with Crippen molar-refractivity contribution in [3.8, 4) is 0 Å².